The van der Waals surface area contributed by atoms with E-state index in [0.29, 0.717) is 24.5 Å². The quantitative estimate of drug-likeness (QED) is 0.813. The lowest BCUT2D eigenvalue weighted by molar-refractivity contribution is -0.119. The summed E-state index contributed by atoms with van der Waals surface area (Å²) < 4.78 is 10.4. The Labute approximate surface area is 99.9 Å². The number of ether oxygens (including phenoxy) is 2. The van der Waals surface area contributed by atoms with Crippen molar-refractivity contribution in [2.75, 3.05) is 26.1 Å². The average molecular weight is 236 g/mol. The van der Waals surface area contributed by atoms with Gasteiger partial charge in [0.15, 0.2) is 0 Å². The number of nitrogens with two attached hydrogens (primary N) is 1. The number of nitrogens with one attached hydrogen (secondary N) is 1. The van der Waals surface area contributed by atoms with Gasteiger partial charge >= 0.3 is 0 Å². The Bertz CT molecular complexity index is 446. The highest BCUT2D eigenvalue weighted by atomic mass is 16.5. The molecule has 1 amide bonds. The first-order chi connectivity index (χ1) is 8.19. The van der Waals surface area contributed by atoms with Crippen LogP contribution in [0.1, 0.15) is 5.56 Å². The highest BCUT2D eigenvalue weighted by Crippen LogP contribution is 2.37. The number of hydrogen-bond acceptors (Lipinski definition) is 4. The second-order valence-electron chi connectivity index (χ2n) is 3.99. The van der Waals surface area contributed by atoms with Gasteiger partial charge in [-0.3, -0.25) is 4.79 Å². The number of fused-ring (bicyclic) bond motifs is 1. The number of methoxy groups -OCH3 is 2. The second-order valence-corrected chi connectivity index (χ2v) is 3.99. The Morgan fingerprint density at radius 3 is 2.76 bits per heavy atom. The molecule has 92 valence electrons. The molecule has 1 unspecified atom stereocenters. The maximum atomic E-state index is 11.7. The Kier molecular flexibility index (Phi) is 3.19. The van der Waals surface area contributed by atoms with E-state index < -0.39 is 0 Å². The largest absolute Gasteiger partial charge is 0.497 e. The second kappa shape index (κ2) is 4.63. The topological polar surface area (TPSA) is 73.6 Å². The number of rotatable bonds is 3. The van der Waals surface area contributed by atoms with Crippen LogP contribution in [-0.4, -0.2) is 26.7 Å². The van der Waals surface area contributed by atoms with Crippen molar-refractivity contribution >= 4 is 11.6 Å². The minimum atomic E-state index is -0.181. The molecule has 0 radical (unpaired) electrons. The van der Waals surface area contributed by atoms with Crippen molar-refractivity contribution in [3.8, 4) is 11.5 Å². The van der Waals surface area contributed by atoms with Crippen LogP contribution in [0.5, 0.6) is 11.5 Å². The number of anilines is 1. The molecule has 3 N–H and O–H groups in total. The highest BCUT2D eigenvalue weighted by molar-refractivity contribution is 5.97. The highest BCUT2D eigenvalue weighted by Gasteiger charge is 2.27. The van der Waals surface area contributed by atoms with Gasteiger partial charge in [-0.15, -0.1) is 0 Å². The lowest BCUT2D eigenvalue weighted by Crippen LogP contribution is -2.35. The summed E-state index contributed by atoms with van der Waals surface area (Å²) in [6.45, 7) is 0.338. The lowest BCUT2D eigenvalue weighted by Gasteiger charge is -2.25. The van der Waals surface area contributed by atoms with Gasteiger partial charge in [-0.25, -0.2) is 0 Å². The molecule has 1 heterocycles. The van der Waals surface area contributed by atoms with Crippen molar-refractivity contribution in [2.24, 2.45) is 11.7 Å². The molecule has 1 aromatic carbocycles. The number of hydrogen-bond donors (Lipinski definition) is 2. The van der Waals surface area contributed by atoms with Crippen LogP contribution in [0, 0.1) is 5.92 Å². The van der Waals surface area contributed by atoms with Crippen LogP contribution in [0.25, 0.3) is 0 Å². The van der Waals surface area contributed by atoms with Crippen molar-refractivity contribution in [3.63, 3.8) is 0 Å². The van der Waals surface area contributed by atoms with Crippen LogP contribution in [0.2, 0.25) is 0 Å². The first-order valence-corrected chi connectivity index (χ1v) is 5.45. The third-order valence-corrected chi connectivity index (χ3v) is 2.98. The van der Waals surface area contributed by atoms with Crippen molar-refractivity contribution in [1.29, 1.82) is 0 Å². The Balaban J connectivity index is 2.45. The zero-order valence-corrected chi connectivity index (χ0v) is 9.95. The fourth-order valence-corrected chi connectivity index (χ4v) is 2.00. The van der Waals surface area contributed by atoms with E-state index in [-0.39, 0.29) is 11.8 Å². The van der Waals surface area contributed by atoms with Crippen molar-refractivity contribution in [2.45, 2.75) is 6.42 Å². The van der Waals surface area contributed by atoms with E-state index in [1.54, 1.807) is 20.3 Å². The Hall–Kier alpha value is -1.75. The van der Waals surface area contributed by atoms with Gasteiger partial charge in [0, 0.05) is 12.6 Å². The molecular weight excluding hydrogens is 220 g/mol. The third-order valence-electron chi connectivity index (χ3n) is 2.98. The first-order valence-electron chi connectivity index (χ1n) is 5.45. The number of carbonyl (C=O) groups is 1. The van der Waals surface area contributed by atoms with Gasteiger partial charge in [-0.1, -0.05) is 0 Å². The van der Waals surface area contributed by atoms with Crippen LogP contribution in [0.15, 0.2) is 12.1 Å². The number of carbonyl (C=O) groups excluding carboxylic acids is 1. The summed E-state index contributed by atoms with van der Waals surface area (Å²) in [6.07, 6.45) is 0.616. The van der Waals surface area contributed by atoms with Gasteiger partial charge in [-0.2, -0.15) is 0 Å². The van der Waals surface area contributed by atoms with Gasteiger partial charge in [-0.05, 0) is 18.1 Å². The molecule has 5 heteroatoms. The average Bonchev–Trinajstić information content (AvgIpc) is 2.36. The van der Waals surface area contributed by atoms with Crippen LogP contribution in [-0.2, 0) is 11.2 Å². The van der Waals surface area contributed by atoms with E-state index in [1.807, 2.05) is 6.07 Å². The van der Waals surface area contributed by atoms with Crippen LogP contribution in [0.4, 0.5) is 5.69 Å². The molecule has 0 aliphatic carbocycles. The standard InChI is InChI=1S/C12H16N2O3/c1-16-9-4-7-3-8(6-13)12(15)14-11(7)10(5-9)17-2/h4-5,8H,3,6,13H2,1-2H3,(H,14,15). The molecule has 2 rings (SSSR count). The summed E-state index contributed by atoms with van der Waals surface area (Å²) in [5, 5.41) is 2.83. The predicted molar refractivity (Wildman–Crippen MR) is 64.4 cm³/mol. The summed E-state index contributed by atoms with van der Waals surface area (Å²) in [6, 6.07) is 3.65. The molecule has 0 bridgehead atoms. The van der Waals surface area contributed by atoms with Crippen molar-refractivity contribution < 1.29 is 14.3 Å². The zero-order valence-electron chi connectivity index (χ0n) is 9.95. The fraction of sp³-hybridized carbons (Fsp3) is 0.417. The Morgan fingerprint density at radius 2 is 2.18 bits per heavy atom. The van der Waals surface area contributed by atoms with Gasteiger partial charge in [0.2, 0.25) is 5.91 Å². The predicted octanol–water partition coefficient (Wildman–Crippen LogP) is 0.773. The molecule has 5 nitrogen and oxygen atoms in total. The molecular formula is C12H16N2O3. The van der Waals surface area contributed by atoms with Crippen LogP contribution in [0.3, 0.4) is 0 Å². The first kappa shape index (κ1) is 11.7. The molecule has 1 atom stereocenters. The van der Waals surface area contributed by atoms with Crippen LogP contribution < -0.4 is 20.5 Å². The van der Waals surface area contributed by atoms with Gasteiger partial charge < -0.3 is 20.5 Å². The summed E-state index contributed by atoms with van der Waals surface area (Å²) in [7, 11) is 3.17. The van der Waals surface area contributed by atoms with Gasteiger partial charge in [0.05, 0.1) is 25.8 Å². The molecule has 0 fully saturated rings. The van der Waals surface area contributed by atoms with E-state index in [9.17, 15) is 4.79 Å². The van der Waals surface area contributed by atoms with E-state index in [4.69, 9.17) is 15.2 Å². The normalized spacial score (nSPS) is 18.3. The van der Waals surface area contributed by atoms with E-state index in [0.717, 1.165) is 11.3 Å². The minimum absolute atomic E-state index is 0.0523. The SMILES string of the molecule is COc1cc2c(c(OC)c1)NC(=O)C(CN)C2. The molecule has 1 aromatic rings. The van der Waals surface area contributed by atoms with Crippen LogP contribution >= 0.6 is 0 Å². The minimum Gasteiger partial charge on any atom is -0.497 e. The molecule has 17 heavy (non-hydrogen) atoms. The van der Waals surface area contributed by atoms with Crippen molar-refractivity contribution in [1.82, 2.24) is 0 Å². The maximum absolute atomic E-state index is 11.7. The summed E-state index contributed by atoms with van der Waals surface area (Å²) in [5.41, 5.74) is 7.29. The molecule has 1 aliphatic rings. The molecule has 0 saturated heterocycles. The summed E-state index contributed by atoms with van der Waals surface area (Å²) in [4.78, 5) is 11.7. The number of amides is 1. The molecule has 0 spiro atoms. The Morgan fingerprint density at radius 1 is 1.41 bits per heavy atom. The van der Waals surface area contributed by atoms with Crippen molar-refractivity contribution in [3.05, 3.63) is 17.7 Å². The van der Waals surface area contributed by atoms with Gasteiger partial charge in [0.1, 0.15) is 11.5 Å². The molecule has 1 aliphatic heterocycles. The maximum Gasteiger partial charge on any atom is 0.229 e. The molecule has 0 aromatic heterocycles. The molecule has 0 saturated carbocycles. The summed E-state index contributed by atoms with van der Waals surface area (Å²) in [5.74, 6) is 1.10. The smallest absolute Gasteiger partial charge is 0.229 e. The fourth-order valence-electron chi connectivity index (χ4n) is 2.00. The van der Waals surface area contributed by atoms with E-state index >= 15 is 0 Å². The van der Waals surface area contributed by atoms with Gasteiger partial charge in [0.25, 0.3) is 0 Å². The third kappa shape index (κ3) is 2.06. The summed E-state index contributed by atoms with van der Waals surface area (Å²) >= 11 is 0. The van der Waals surface area contributed by atoms with E-state index in [2.05, 4.69) is 5.32 Å². The van der Waals surface area contributed by atoms with E-state index in [1.165, 1.54) is 0 Å². The zero-order chi connectivity index (χ0) is 12.4. The number of benzene rings is 1. The lowest BCUT2D eigenvalue weighted by atomic mass is 9.92. The monoisotopic (exact) mass is 236 g/mol.